The Bertz CT molecular complexity index is 1930. The van der Waals surface area contributed by atoms with E-state index < -0.39 is 11.9 Å². The number of hydrogen-bond donors (Lipinski definition) is 2. The molecule has 0 spiro atoms. The predicted molar refractivity (Wildman–Crippen MR) is 155 cm³/mol. The number of nitrogens with two attached hydrogens (primary N) is 1. The van der Waals surface area contributed by atoms with Crippen LogP contribution in [0, 0.1) is 6.92 Å². The van der Waals surface area contributed by atoms with Crippen LogP contribution in [0.5, 0.6) is 0 Å². The van der Waals surface area contributed by atoms with Crippen molar-refractivity contribution in [2.45, 2.75) is 32.7 Å². The molecule has 0 saturated heterocycles. The first-order valence-electron chi connectivity index (χ1n) is 12.8. The van der Waals surface area contributed by atoms with Gasteiger partial charge in [-0.3, -0.25) is 14.2 Å². The van der Waals surface area contributed by atoms with Crippen molar-refractivity contribution in [2.75, 3.05) is 5.73 Å². The molecule has 0 saturated carbocycles. The molecule has 4 aromatic heterocycles. The van der Waals surface area contributed by atoms with E-state index in [1.165, 1.54) is 4.52 Å². The zero-order chi connectivity index (χ0) is 27.8. The van der Waals surface area contributed by atoms with Crippen molar-refractivity contribution in [2.24, 2.45) is 0 Å². The number of carbonyl (C=O) groups excluding carboxylic acids is 1. The van der Waals surface area contributed by atoms with Gasteiger partial charge in [-0.1, -0.05) is 30.3 Å². The largest absolute Gasteiger partial charge is 0.381 e. The summed E-state index contributed by atoms with van der Waals surface area (Å²) in [4.78, 5) is 41.3. The lowest BCUT2D eigenvalue weighted by atomic mass is 10.0. The first kappa shape index (κ1) is 25.4. The highest BCUT2D eigenvalue weighted by Crippen LogP contribution is 2.23. The molecule has 0 aliphatic rings. The third-order valence-electron chi connectivity index (χ3n) is 6.73. The van der Waals surface area contributed by atoms with Gasteiger partial charge in [0.1, 0.15) is 11.4 Å². The van der Waals surface area contributed by atoms with Gasteiger partial charge in [0.2, 0.25) is 0 Å². The summed E-state index contributed by atoms with van der Waals surface area (Å²) in [5.41, 5.74) is 9.51. The number of nitrogens with zero attached hydrogens (tertiary/aromatic N) is 6. The van der Waals surface area contributed by atoms with Crippen molar-refractivity contribution in [1.82, 2.24) is 34.4 Å². The molecule has 6 aromatic rings. The van der Waals surface area contributed by atoms with Crippen LogP contribution in [0.1, 0.15) is 45.4 Å². The second-order valence-corrected chi connectivity index (χ2v) is 10.5. The van der Waals surface area contributed by atoms with Crippen molar-refractivity contribution in [3.05, 3.63) is 110 Å². The molecule has 0 radical (unpaired) electrons. The Balaban J connectivity index is 1.43. The number of anilines is 1. The number of benzene rings is 2. The molecule has 11 heteroatoms. The molecule has 0 unspecified atom stereocenters. The summed E-state index contributed by atoms with van der Waals surface area (Å²) >= 11 is 1.62. The highest BCUT2D eigenvalue weighted by Gasteiger charge is 2.25. The molecule has 1 atom stereocenters. The highest BCUT2D eigenvalue weighted by molar-refractivity contribution is 7.09. The molecular weight excluding hydrogens is 524 g/mol. The number of fused-ring (bicyclic) bond motifs is 2. The fourth-order valence-corrected chi connectivity index (χ4v) is 5.53. The lowest BCUT2D eigenvalue weighted by Crippen LogP contribution is -2.33. The monoisotopic (exact) mass is 550 g/mol. The molecule has 1 amide bonds. The summed E-state index contributed by atoms with van der Waals surface area (Å²) < 4.78 is 3.03. The summed E-state index contributed by atoms with van der Waals surface area (Å²) in [5.74, 6) is 0.00237. The number of amides is 1. The van der Waals surface area contributed by atoms with Crippen LogP contribution in [0.4, 0.5) is 5.82 Å². The SMILES string of the molecule is Cc1nc(CCc2cccc3nc([C@@H](C)NC(=O)c4c(N)nn5cccnc45)n(-c4ccccc4)c(=O)c23)cs1. The van der Waals surface area contributed by atoms with E-state index in [1.54, 1.807) is 41.3 Å². The summed E-state index contributed by atoms with van der Waals surface area (Å²) in [6.07, 6.45) is 4.61. The van der Waals surface area contributed by atoms with E-state index in [4.69, 9.17) is 10.7 Å². The van der Waals surface area contributed by atoms with Crippen molar-refractivity contribution in [3.8, 4) is 5.69 Å². The summed E-state index contributed by atoms with van der Waals surface area (Å²) in [6.45, 7) is 3.77. The zero-order valence-electron chi connectivity index (χ0n) is 21.9. The molecule has 2 aromatic carbocycles. The van der Waals surface area contributed by atoms with E-state index in [-0.39, 0.29) is 16.9 Å². The lowest BCUT2D eigenvalue weighted by Gasteiger charge is -2.20. The Morgan fingerprint density at radius 2 is 1.90 bits per heavy atom. The van der Waals surface area contributed by atoms with Crippen LogP contribution in [-0.4, -0.2) is 35.0 Å². The minimum absolute atomic E-state index is 0.0651. The Hall–Kier alpha value is -4.90. The summed E-state index contributed by atoms with van der Waals surface area (Å²) in [5, 5.41) is 10.8. The number of hydrogen-bond acceptors (Lipinski definition) is 8. The van der Waals surface area contributed by atoms with Crippen LogP contribution in [-0.2, 0) is 12.8 Å². The van der Waals surface area contributed by atoms with Gasteiger partial charge in [0, 0.05) is 17.8 Å². The number of rotatable bonds is 7. The fraction of sp³-hybridized carbons (Fsp3) is 0.172. The smallest absolute Gasteiger partial charge is 0.266 e. The Labute approximate surface area is 233 Å². The molecule has 0 fully saturated rings. The molecule has 3 N–H and O–H groups in total. The average Bonchev–Trinajstić information content (AvgIpc) is 3.53. The minimum Gasteiger partial charge on any atom is -0.381 e. The van der Waals surface area contributed by atoms with Gasteiger partial charge in [-0.05, 0) is 56.5 Å². The number of thiazole rings is 1. The van der Waals surface area contributed by atoms with Gasteiger partial charge in [0.05, 0.1) is 33.3 Å². The molecule has 200 valence electrons. The maximum atomic E-state index is 14.2. The highest BCUT2D eigenvalue weighted by atomic mass is 32.1. The van der Waals surface area contributed by atoms with Crippen LogP contribution in [0.25, 0.3) is 22.2 Å². The molecule has 40 heavy (non-hydrogen) atoms. The van der Waals surface area contributed by atoms with E-state index in [2.05, 4.69) is 25.8 Å². The van der Waals surface area contributed by atoms with Gasteiger partial charge < -0.3 is 11.1 Å². The fourth-order valence-electron chi connectivity index (χ4n) is 4.88. The van der Waals surface area contributed by atoms with Crippen molar-refractivity contribution in [1.29, 1.82) is 0 Å². The standard InChI is InChI=1S/C29H26N8O2S/c1-17(32-28(38)24-25(30)35-36-15-7-14-31-27(24)36)26-34-22-11-6-8-19(12-13-20-16-40-18(2)33-20)23(22)29(39)37(26)21-9-4-3-5-10-21/h3-11,14-17H,12-13H2,1-2H3,(H2,30,35)(H,32,38)/t17-/m1/s1. The normalized spacial score (nSPS) is 12.2. The maximum Gasteiger partial charge on any atom is 0.266 e. The lowest BCUT2D eigenvalue weighted by molar-refractivity contribution is 0.0940. The van der Waals surface area contributed by atoms with E-state index in [0.29, 0.717) is 34.5 Å². The summed E-state index contributed by atoms with van der Waals surface area (Å²) in [6, 6.07) is 16.1. The number of aryl methyl sites for hydroxylation is 3. The molecule has 6 rings (SSSR count). The predicted octanol–water partition coefficient (Wildman–Crippen LogP) is 4.05. The van der Waals surface area contributed by atoms with Gasteiger partial charge in [0.25, 0.3) is 11.5 Å². The molecule has 0 bridgehead atoms. The van der Waals surface area contributed by atoms with Crippen molar-refractivity contribution in [3.63, 3.8) is 0 Å². The number of aromatic nitrogens is 6. The zero-order valence-corrected chi connectivity index (χ0v) is 22.7. The van der Waals surface area contributed by atoms with Gasteiger partial charge in [0.15, 0.2) is 11.5 Å². The van der Waals surface area contributed by atoms with Gasteiger partial charge in [-0.25, -0.2) is 19.5 Å². The number of nitrogen functional groups attached to an aromatic ring is 1. The van der Waals surface area contributed by atoms with Crippen LogP contribution in [0.2, 0.25) is 0 Å². The maximum absolute atomic E-state index is 14.2. The van der Waals surface area contributed by atoms with E-state index in [1.807, 2.05) is 55.5 Å². The third-order valence-corrected chi connectivity index (χ3v) is 7.55. The molecule has 10 nitrogen and oxygen atoms in total. The van der Waals surface area contributed by atoms with E-state index in [0.717, 1.165) is 22.7 Å². The second kappa shape index (κ2) is 10.3. The molecular formula is C29H26N8O2S. The second-order valence-electron chi connectivity index (χ2n) is 9.46. The topological polar surface area (TPSA) is 133 Å². The molecule has 0 aliphatic heterocycles. The molecule has 4 heterocycles. The van der Waals surface area contributed by atoms with Crippen LogP contribution >= 0.6 is 11.3 Å². The van der Waals surface area contributed by atoms with Crippen LogP contribution in [0.15, 0.2) is 77.2 Å². The van der Waals surface area contributed by atoms with Crippen LogP contribution in [0.3, 0.4) is 0 Å². The number of carbonyl (C=O) groups is 1. The Kier molecular flexibility index (Phi) is 6.56. The Morgan fingerprint density at radius 3 is 2.67 bits per heavy atom. The van der Waals surface area contributed by atoms with E-state index in [9.17, 15) is 9.59 Å². The quantitative estimate of drug-likeness (QED) is 0.306. The van der Waals surface area contributed by atoms with Crippen molar-refractivity contribution >= 4 is 39.6 Å². The molecule has 0 aliphatic carbocycles. The van der Waals surface area contributed by atoms with Crippen LogP contribution < -0.4 is 16.6 Å². The number of para-hydroxylation sites is 1. The van der Waals surface area contributed by atoms with Gasteiger partial charge >= 0.3 is 0 Å². The van der Waals surface area contributed by atoms with Gasteiger partial charge in [-0.15, -0.1) is 16.4 Å². The van der Waals surface area contributed by atoms with E-state index >= 15 is 0 Å². The average molecular weight is 551 g/mol. The third kappa shape index (κ3) is 4.60. The Morgan fingerprint density at radius 1 is 1.07 bits per heavy atom. The first-order chi connectivity index (χ1) is 19.4. The van der Waals surface area contributed by atoms with Gasteiger partial charge in [-0.2, -0.15) is 0 Å². The first-order valence-corrected chi connectivity index (χ1v) is 13.7. The number of nitrogens with one attached hydrogen (secondary N) is 1. The van der Waals surface area contributed by atoms with Crippen molar-refractivity contribution < 1.29 is 4.79 Å². The summed E-state index contributed by atoms with van der Waals surface area (Å²) in [7, 11) is 0. The minimum atomic E-state index is -0.649.